The van der Waals surface area contributed by atoms with Crippen LogP contribution < -0.4 is 0 Å². The highest BCUT2D eigenvalue weighted by Gasteiger charge is 1.76. The van der Waals surface area contributed by atoms with Crippen molar-refractivity contribution in [1.29, 1.82) is 0 Å². The van der Waals surface area contributed by atoms with Gasteiger partial charge in [-0.15, -0.1) is 0 Å². The second-order valence-electron chi connectivity index (χ2n) is 2.76. The van der Waals surface area contributed by atoms with E-state index in [4.69, 9.17) is 0 Å². The zero-order valence-electron chi connectivity index (χ0n) is 7.77. The van der Waals surface area contributed by atoms with E-state index in [0.29, 0.717) is 0 Å². The molecular formula is C13H15. The van der Waals surface area contributed by atoms with E-state index in [2.05, 4.69) is 36.8 Å². The van der Waals surface area contributed by atoms with Crippen LogP contribution in [0.25, 0.3) is 0 Å². The highest BCUT2D eigenvalue weighted by molar-refractivity contribution is 5.17. The van der Waals surface area contributed by atoms with Crippen molar-refractivity contribution in [2.45, 2.75) is 12.8 Å². The first-order valence-electron chi connectivity index (χ1n) is 4.63. The van der Waals surface area contributed by atoms with Crippen molar-refractivity contribution >= 4 is 0 Å². The molecule has 67 valence electrons. The van der Waals surface area contributed by atoms with Crippen molar-refractivity contribution in [3.63, 3.8) is 0 Å². The molecule has 0 amide bonds. The van der Waals surface area contributed by atoms with Crippen molar-refractivity contribution in [2.24, 2.45) is 0 Å². The summed E-state index contributed by atoms with van der Waals surface area (Å²) in [4.78, 5) is 0. The van der Waals surface area contributed by atoms with Crippen LogP contribution in [0.3, 0.4) is 0 Å². The van der Waals surface area contributed by atoms with E-state index in [9.17, 15) is 0 Å². The molecule has 13 heavy (non-hydrogen) atoms. The molecule has 1 rings (SSSR count). The molecule has 0 atom stereocenters. The number of rotatable bonds is 0. The Labute approximate surface area is 80.7 Å². The molecule has 0 bridgehead atoms. The van der Waals surface area contributed by atoms with Gasteiger partial charge in [0.05, 0.1) is 0 Å². The van der Waals surface area contributed by atoms with E-state index in [1.807, 2.05) is 30.4 Å². The molecule has 0 fully saturated rings. The maximum atomic E-state index is 2.18. The highest BCUT2D eigenvalue weighted by Crippen LogP contribution is 1.95. The Hall–Kier alpha value is -1.30. The van der Waals surface area contributed by atoms with Crippen LogP contribution in [0, 0.1) is 6.42 Å². The van der Waals surface area contributed by atoms with Gasteiger partial charge in [0.15, 0.2) is 0 Å². The molecule has 0 spiro atoms. The number of hydrogen-bond donors (Lipinski definition) is 0. The van der Waals surface area contributed by atoms with Crippen LogP contribution in [0.1, 0.15) is 12.8 Å². The van der Waals surface area contributed by atoms with Gasteiger partial charge in [0.25, 0.3) is 0 Å². The summed E-state index contributed by atoms with van der Waals surface area (Å²) in [6.07, 6.45) is 25.0. The van der Waals surface area contributed by atoms with E-state index < -0.39 is 0 Å². The second-order valence-corrected chi connectivity index (χ2v) is 2.76. The second kappa shape index (κ2) is 7.35. The van der Waals surface area contributed by atoms with Crippen LogP contribution in [0.15, 0.2) is 60.8 Å². The molecule has 0 unspecified atom stereocenters. The standard InChI is InChI=1S/C13H15/c1-2-4-6-8-10-12-13-11-9-7-5-3-1/h1-9,12-13H,10-11H2/b2-1+,5-3-,6-4+,9-7+,13-12+. The fraction of sp³-hybridized carbons (Fsp3) is 0.154. The predicted octanol–water partition coefficient (Wildman–Crippen LogP) is 3.77. The summed E-state index contributed by atoms with van der Waals surface area (Å²) in [7, 11) is 0. The van der Waals surface area contributed by atoms with Crippen LogP contribution in [0.4, 0.5) is 0 Å². The molecule has 0 aliphatic heterocycles. The van der Waals surface area contributed by atoms with E-state index in [1.54, 1.807) is 0 Å². The quantitative estimate of drug-likeness (QED) is 0.487. The average Bonchev–Trinajstić information content (AvgIpc) is 2.18. The van der Waals surface area contributed by atoms with Gasteiger partial charge in [-0.3, -0.25) is 0 Å². The van der Waals surface area contributed by atoms with Crippen molar-refractivity contribution in [1.82, 2.24) is 0 Å². The summed E-state index contributed by atoms with van der Waals surface area (Å²) in [6.45, 7) is 0. The molecule has 0 saturated heterocycles. The van der Waals surface area contributed by atoms with Crippen LogP contribution in [0.2, 0.25) is 0 Å². The minimum absolute atomic E-state index is 1.02. The molecule has 0 nitrogen and oxygen atoms in total. The minimum atomic E-state index is 1.02. The fourth-order valence-electron chi connectivity index (χ4n) is 0.985. The topological polar surface area (TPSA) is 0 Å². The normalized spacial score (nSPS) is 30.2. The van der Waals surface area contributed by atoms with Gasteiger partial charge in [-0.05, 0) is 19.3 Å². The Balaban J connectivity index is 2.50. The summed E-state index contributed by atoms with van der Waals surface area (Å²) < 4.78 is 0. The van der Waals surface area contributed by atoms with Gasteiger partial charge in [-0.1, -0.05) is 60.8 Å². The Morgan fingerprint density at radius 3 is 1.92 bits per heavy atom. The van der Waals surface area contributed by atoms with Crippen molar-refractivity contribution in [2.75, 3.05) is 0 Å². The molecule has 0 aromatic carbocycles. The van der Waals surface area contributed by atoms with Crippen molar-refractivity contribution in [3.8, 4) is 0 Å². The van der Waals surface area contributed by atoms with Gasteiger partial charge in [0.1, 0.15) is 0 Å². The van der Waals surface area contributed by atoms with E-state index in [0.717, 1.165) is 12.8 Å². The van der Waals surface area contributed by atoms with Gasteiger partial charge in [0, 0.05) is 0 Å². The van der Waals surface area contributed by atoms with Crippen molar-refractivity contribution < 1.29 is 0 Å². The Bertz CT molecular complexity index is 249. The molecule has 1 radical (unpaired) electrons. The van der Waals surface area contributed by atoms with Gasteiger partial charge >= 0.3 is 0 Å². The molecule has 0 aromatic heterocycles. The van der Waals surface area contributed by atoms with Crippen LogP contribution >= 0.6 is 0 Å². The fourth-order valence-corrected chi connectivity index (χ4v) is 0.985. The zero-order valence-corrected chi connectivity index (χ0v) is 7.77. The lowest BCUT2D eigenvalue weighted by Crippen LogP contribution is -1.65. The minimum Gasteiger partial charge on any atom is -0.0876 e. The zero-order chi connectivity index (χ0) is 9.19. The predicted molar refractivity (Wildman–Crippen MR) is 59.2 cm³/mol. The van der Waals surface area contributed by atoms with Crippen LogP contribution in [0.5, 0.6) is 0 Å². The Morgan fingerprint density at radius 2 is 1.08 bits per heavy atom. The third kappa shape index (κ3) is 5.92. The highest BCUT2D eigenvalue weighted by atomic mass is 13.8. The third-order valence-corrected chi connectivity index (χ3v) is 1.65. The summed E-state index contributed by atoms with van der Waals surface area (Å²) in [5.41, 5.74) is 0. The SMILES string of the molecule is [CH]1/C=C/C=C/C=C\C=C\C/C=C/C1. The molecule has 0 saturated carbocycles. The summed E-state index contributed by atoms with van der Waals surface area (Å²) in [5.74, 6) is 0. The molecule has 0 heteroatoms. The Morgan fingerprint density at radius 1 is 0.462 bits per heavy atom. The molecule has 1 aliphatic carbocycles. The first-order valence-corrected chi connectivity index (χ1v) is 4.63. The largest absolute Gasteiger partial charge is 0.0876 e. The molecular weight excluding hydrogens is 156 g/mol. The third-order valence-electron chi connectivity index (χ3n) is 1.65. The summed E-state index contributed by atoms with van der Waals surface area (Å²) in [6, 6.07) is 0. The molecule has 1 aliphatic rings. The lowest BCUT2D eigenvalue weighted by Gasteiger charge is -1.84. The van der Waals surface area contributed by atoms with Gasteiger partial charge < -0.3 is 0 Å². The summed E-state index contributed by atoms with van der Waals surface area (Å²) in [5, 5.41) is 0. The Kier molecular flexibility index (Phi) is 5.54. The maximum absolute atomic E-state index is 2.18. The van der Waals surface area contributed by atoms with Crippen LogP contribution in [-0.2, 0) is 0 Å². The van der Waals surface area contributed by atoms with Gasteiger partial charge in [-0.2, -0.15) is 0 Å². The lowest BCUT2D eigenvalue weighted by molar-refractivity contribution is 1.25. The molecule has 0 aromatic rings. The maximum Gasteiger partial charge on any atom is -0.0130 e. The van der Waals surface area contributed by atoms with Crippen molar-refractivity contribution in [3.05, 3.63) is 67.2 Å². The van der Waals surface area contributed by atoms with E-state index >= 15 is 0 Å². The van der Waals surface area contributed by atoms with Crippen LogP contribution in [-0.4, -0.2) is 0 Å². The monoisotopic (exact) mass is 171 g/mol. The lowest BCUT2D eigenvalue weighted by atomic mass is 10.2. The van der Waals surface area contributed by atoms with E-state index in [-0.39, 0.29) is 0 Å². The van der Waals surface area contributed by atoms with Gasteiger partial charge in [-0.25, -0.2) is 0 Å². The average molecular weight is 171 g/mol. The van der Waals surface area contributed by atoms with E-state index in [1.165, 1.54) is 0 Å². The summed E-state index contributed by atoms with van der Waals surface area (Å²) >= 11 is 0. The molecule has 0 N–H and O–H groups in total. The smallest absolute Gasteiger partial charge is 0.0130 e. The first kappa shape index (κ1) is 9.79. The molecule has 0 heterocycles. The first-order chi connectivity index (χ1) is 6.50. The van der Waals surface area contributed by atoms with Gasteiger partial charge in [0.2, 0.25) is 0 Å². The number of allylic oxidation sites excluding steroid dienone is 10. The number of hydrogen-bond acceptors (Lipinski definition) is 0.